The van der Waals surface area contributed by atoms with Crippen molar-refractivity contribution in [2.45, 2.75) is 39.2 Å². The Hall–Kier alpha value is -3.14. The Morgan fingerprint density at radius 3 is 2.74 bits per heavy atom. The number of aryl methyl sites for hydroxylation is 1. The third-order valence-corrected chi connectivity index (χ3v) is 6.96. The molecule has 3 heterocycles. The van der Waals surface area contributed by atoms with E-state index in [-0.39, 0.29) is 40.1 Å². The molecule has 1 aromatic carbocycles. The summed E-state index contributed by atoms with van der Waals surface area (Å²) in [6.45, 7) is 3.67. The third kappa shape index (κ3) is 4.71. The summed E-state index contributed by atoms with van der Waals surface area (Å²) in [5.41, 5.74) is -0.431. The van der Waals surface area contributed by atoms with E-state index in [1.165, 1.54) is 23.7 Å². The van der Waals surface area contributed by atoms with Crippen molar-refractivity contribution < 1.29 is 9.18 Å². The molecule has 1 aliphatic rings. The van der Waals surface area contributed by atoms with Crippen LogP contribution in [0.1, 0.15) is 38.2 Å². The minimum Gasteiger partial charge on any atom is -0.356 e. The predicted octanol–water partition coefficient (Wildman–Crippen LogP) is 2.41. The van der Waals surface area contributed by atoms with Crippen LogP contribution in [0.15, 0.2) is 27.8 Å². The van der Waals surface area contributed by atoms with E-state index in [0.29, 0.717) is 25.6 Å². The number of benzene rings is 1. The van der Waals surface area contributed by atoms with Crippen LogP contribution >= 0.6 is 11.6 Å². The number of aromatic nitrogens is 4. The van der Waals surface area contributed by atoms with Gasteiger partial charge in [0, 0.05) is 44.3 Å². The Bertz CT molecular complexity index is 1360. The smallest absolute Gasteiger partial charge is 0.332 e. The molecule has 3 aromatic rings. The van der Waals surface area contributed by atoms with Gasteiger partial charge in [-0.3, -0.25) is 23.3 Å². The zero-order valence-corrected chi connectivity index (χ0v) is 20.9. The van der Waals surface area contributed by atoms with E-state index >= 15 is 0 Å². The van der Waals surface area contributed by atoms with Crippen LogP contribution in [0.5, 0.6) is 0 Å². The number of amides is 1. The zero-order chi connectivity index (χ0) is 25.3. The van der Waals surface area contributed by atoms with E-state index in [9.17, 15) is 18.8 Å². The molecular formula is C24H30ClFN6O3. The van der Waals surface area contributed by atoms with E-state index in [1.807, 2.05) is 4.90 Å². The summed E-state index contributed by atoms with van der Waals surface area (Å²) >= 11 is 6.31. The topological polar surface area (TPSA) is 94.2 Å². The van der Waals surface area contributed by atoms with Gasteiger partial charge in [-0.15, -0.1) is 0 Å². The van der Waals surface area contributed by atoms with Crippen molar-refractivity contribution >= 4 is 34.6 Å². The Morgan fingerprint density at radius 1 is 1.26 bits per heavy atom. The van der Waals surface area contributed by atoms with E-state index in [2.05, 4.69) is 17.2 Å². The van der Waals surface area contributed by atoms with Crippen molar-refractivity contribution in [2.24, 2.45) is 20.0 Å². The van der Waals surface area contributed by atoms with E-state index in [1.54, 1.807) is 17.7 Å². The maximum Gasteiger partial charge on any atom is 0.332 e. The van der Waals surface area contributed by atoms with Crippen LogP contribution in [0, 0.1) is 11.7 Å². The highest BCUT2D eigenvalue weighted by Gasteiger charge is 2.30. The lowest BCUT2D eigenvalue weighted by molar-refractivity contribution is -0.125. The predicted molar refractivity (Wildman–Crippen MR) is 134 cm³/mol. The normalized spacial score (nSPS) is 16.1. The fourth-order valence-corrected chi connectivity index (χ4v) is 4.80. The molecule has 1 unspecified atom stereocenters. The summed E-state index contributed by atoms with van der Waals surface area (Å²) in [6.07, 6.45) is 3.41. The summed E-state index contributed by atoms with van der Waals surface area (Å²) < 4.78 is 18.7. The number of halogens is 2. The molecule has 1 N–H and O–H groups in total. The highest BCUT2D eigenvalue weighted by Crippen LogP contribution is 2.28. The molecule has 1 amide bonds. The molecule has 1 atom stereocenters. The molecule has 1 fully saturated rings. The first-order valence-electron chi connectivity index (χ1n) is 11.9. The number of anilines is 1. The van der Waals surface area contributed by atoms with Gasteiger partial charge >= 0.3 is 5.69 Å². The number of nitrogens with one attached hydrogen (secondary N) is 1. The maximum absolute atomic E-state index is 14.7. The molecule has 0 bridgehead atoms. The fourth-order valence-electron chi connectivity index (χ4n) is 4.57. The SMILES string of the molecule is CCCCNC(=O)C1CCCN(c2nc3c(c(=O)n(C)c(=O)n3C)n2Cc2c(F)cccc2Cl)C1. The Morgan fingerprint density at radius 2 is 2.03 bits per heavy atom. The number of carbonyl (C=O) groups excluding carboxylic acids is 1. The molecular weight excluding hydrogens is 475 g/mol. The van der Waals surface area contributed by atoms with Gasteiger partial charge in [0.25, 0.3) is 5.56 Å². The lowest BCUT2D eigenvalue weighted by Gasteiger charge is -2.33. The van der Waals surface area contributed by atoms with Gasteiger partial charge in [0.15, 0.2) is 11.2 Å². The van der Waals surface area contributed by atoms with Gasteiger partial charge in [0.05, 0.1) is 12.5 Å². The molecule has 0 aliphatic carbocycles. The Balaban J connectivity index is 1.81. The zero-order valence-electron chi connectivity index (χ0n) is 20.2. The number of imidazole rings is 1. The van der Waals surface area contributed by atoms with Crippen molar-refractivity contribution in [3.05, 3.63) is 55.4 Å². The summed E-state index contributed by atoms with van der Waals surface area (Å²) in [7, 11) is 2.94. The lowest BCUT2D eigenvalue weighted by Crippen LogP contribution is -2.44. The number of rotatable bonds is 7. The molecule has 9 nitrogen and oxygen atoms in total. The molecule has 0 radical (unpaired) electrons. The van der Waals surface area contributed by atoms with Gasteiger partial charge in [-0.2, -0.15) is 4.98 Å². The van der Waals surface area contributed by atoms with E-state index < -0.39 is 17.1 Å². The number of hydrogen-bond donors (Lipinski definition) is 1. The summed E-state index contributed by atoms with van der Waals surface area (Å²) in [4.78, 5) is 45.1. The van der Waals surface area contributed by atoms with Crippen LogP contribution in [0.4, 0.5) is 10.3 Å². The molecule has 0 saturated carbocycles. The summed E-state index contributed by atoms with van der Waals surface area (Å²) in [5.74, 6) is -0.341. The van der Waals surface area contributed by atoms with Crippen LogP contribution in [0.3, 0.4) is 0 Å². The van der Waals surface area contributed by atoms with Gasteiger partial charge < -0.3 is 10.2 Å². The standard InChI is InChI=1S/C24H30ClFN6O3/c1-4-5-11-27-21(33)15-8-7-12-31(13-15)23-28-20-19(22(34)30(3)24(35)29(20)2)32(23)14-16-17(25)9-6-10-18(16)26/h6,9-10,15H,4-5,7-8,11-14H2,1-3H3,(H,27,33). The van der Waals surface area contributed by atoms with E-state index in [4.69, 9.17) is 11.6 Å². The third-order valence-electron chi connectivity index (χ3n) is 6.61. The van der Waals surface area contributed by atoms with Crippen molar-refractivity contribution in [3.63, 3.8) is 0 Å². The molecule has 1 aliphatic heterocycles. The molecule has 188 valence electrons. The number of carbonyl (C=O) groups is 1. The largest absolute Gasteiger partial charge is 0.356 e. The van der Waals surface area contributed by atoms with Crippen LogP contribution < -0.4 is 21.5 Å². The number of hydrogen-bond acceptors (Lipinski definition) is 5. The molecule has 0 spiro atoms. The minimum absolute atomic E-state index is 0.00808. The molecule has 11 heteroatoms. The average molecular weight is 505 g/mol. The molecule has 35 heavy (non-hydrogen) atoms. The van der Waals surface area contributed by atoms with Crippen LogP contribution in [0.25, 0.3) is 11.2 Å². The Labute approximate surface area is 207 Å². The van der Waals surface area contributed by atoms with Gasteiger partial charge in [0.1, 0.15) is 5.82 Å². The molecule has 1 saturated heterocycles. The second kappa shape index (κ2) is 10.2. The first kappa shape index (κ1) is 25.0. The van der Waals surface area contributed by atoms with Crippen molar-refractivity contribution in [2.75, 3.05) is 24.5 Å². The Kier molecular flexibility index (Phi) is 7.30. The van der Waals surface area contributed by atoms with Crippen molar-refractivity contribution in [1.82, 2.24) is 24.0 Å². The van der Waals surface area contributed by atoms with Crippen molar-refractivity contribution in [3.8, 4) is 0 Å². The van der Waals surface area contributed by atoms with Crippen LogP contribution in [-0.2, 0) is 25.4 Å². The summed E-state index contributed by atoms with van der Waals surface area (Å²) in [5, 5.41) is 3.22. The lowest BCUT2D eigenvalue weighted by atomic mass is 9.97. The van der Waals surface area contributed by atoms with Crippen molar-refractivity contribution in [1.29, 1.82) is 0 Å². The number of fused-ring (bicyclic) bond motifs is 1. The first-order valence-corrected chi connectivity index (χ1v) is 12.2. The quantitative estimate of drug-likeness (QED) is 0.499. The second-order valence-electron chi connectivity index (χ2n) is 9.01. The van der Waals surface area contributed by atoms with E-state index in [0.717, 1.165) is 30.3 Å². The molecule has 2 aromatic heterocycles. The average Bonchev–Trinajstić information content (AvgIpc) is 3.23. The fraction of sp³-hybridized carbons (Fsp3) is 0.500. The first-order chi connectivity index (χ1) is 16.7. The maximum atomic E-state index is 14.7. The number of piperidine rings is 1. The summed E-state index contributed by atoms with van der Waals surface area (Å²) in [6, 6.07) is 4.42. The number of unbranched alkanes of at least 4 members (excludes halogenated alkanes) is 1. The van der Waals surface area contributed by atoms with Gasteiger partial charge in [-0.05, 0) is 31.4 Å². The van der Waals surface area contributed by atoms with Crippen LogP contribution in [0.2, 0.25) is 5.02 Å². The second-order valence-corrected chi connectivity index (χ2v) is 9.41. The minimum atomic E-state index is -0.528. The van der Waals surface area contributed by atoms with Gasteiger partial charge in [0.2, 0.25) is 11.9 Å². The molecule has 4 rings (SSSR count). The monoisotopic (exact) mass is 504 g/mol. The van der Waals surface area contributed by atoms with Gasteiger partial charge in [-0.1, -0.05) is 31.0 Å². The highest BCUT2D eigenvalue weighted by molar-refractivity contribution is 6.31. The van der Waals surface area contributed by atoms with Crippen LogP contribution in [-0.4, -0.2) is 44.2 Å². The van der Waals surface area contributed by atoms with Gasteiger partial charge in [-0.25, -0.2) is 9.18 Å². The number of nitrogens with zero attached hydrogens (tertiary/aromatic N) is 5. The highest BCUT2D eigenvalue weighted by atomic mass is 35.5.